The molecule has 0 fully saturated rings. The highest BCUT2D eigenvalue weighted by atomic mass is 32.1. The van der Waals surface area contributed by atoms with Crippen molar-refractivity contribution < 1.29 is 4.79 Å². The van der Waals surface area contributed by atoms with Gasteiger partial charge >= 0.3 is 0 Å². The number of para-hydroxylation sites is 1. The van der Waals surface area contributed by atoms with E-state index in [9.17, 15) is 4.79 Å². The fourth-order valence-electron chi connectivity index (χ4n) is 1.89. The molecule has 2 heterocycles. The first kappa shape index (κ1) is 13.0. The zero-order valence-electron chi connectivity index (χ0n) is 10.7. The molecule has 0 unspecified atom stereocenters. The smallest absolute Gasteiger partial charge is 0.270 e. The topological polar surface area (TPSA) is 33.2 Å². The minimum absolute atomic E-state index is 0.0287. The van der Waals surface area contributed by atoms with Crippen LogP contribution in [0.3, 0.4) is 0 Å². The van der Waals surface area contributed by atoms with Gasteiger partial charge in [0.1, 0.15) is 0 Å². The van der Waals surface area contributed by atoms with Gasteiger partial charge in [-0.25, -0.2) is 4.98 Å². The van der Waals surface area contributed by atoms with Gasteiger partial charge in [0.25, 0.3) is 5.91 Å². The SMILES string of the molecule is C=CCN(C(=O)c1cccs1)c1nc2ccccc2s1. The molecule has 0 atom stereocenters. The molecule has 1 amide bonds. The fourth-order valence-corrected chi connectivity index (χ4v) is 3.53. The van der Waals surface area contributed by atoms with Gasteiger partial charge in [0.2, 0.25) is 0 Å². The molecule has 5 heteroatoms. The van der Waals surface area contributed by atoms with Crippen LogP contribution in [0.25, 0.3) is 10.2 Å². The molecule has 0 aliphatic heterocycles. The summed E-state index contributed by atoms with van der Waals surface area (Å²) < 4.78 is 1.08. The number of hydrogen-bond acceptors (Lipinski definition) is 4. The van der Waals surface area contributed by atoms with Gasteiger partial charge in [-0.15, -0.1) is 17.9 Å². The van der Waals surface area contributed by atoms with Crippen LogP contribution in [0.5, 0.6) is 0 Å². The lowest BCUT2D eigenvalue weighted by atomic mass is 10.3. The molecule has 0 N–H and O–H groups in total. The van der Waals surface area contributed by atoms with E-state index >= 15 is 0 Å². The minimum atomic E-state index is -0.0287. The van der Waals surface area contributed by atoms with E-state index in [4.69, 9.17) is 0 Å². The van der Waals surface area contributed by atoms with Gasteiger partial charge in [-0.1, -0.05) is 35.6 Å². The number of anilines is 1. The van der Waals surface area contributed by atoms with Crippen LogP contribution in [-0.4, -0.2) is 17.4 Å². The molecule has 1 aromatic carbocycles. The van der Waals surface area contributed by atoms with E-state index in [0.29, 0.717) is 16.6 Å². The Hall–Kier alpha value is -1.98. The van der Waals surface area contributed by atoms with E-state index < -0.39 is 0 Å². The number of carbonyl (C=O) groups is 1. The number of amides is 1. The normalized spacial score (nSPS) is 10.6. The summed E-state index contributed by atoms with van der Waals surface area (Å²) in [6.45, 7) is 4.18. The minimum Gasteiger partial charge on any atom is -0.279 e. The number of thiophene rings is 1. The lowest BCUT2D eigenvalue weighted by Crippen LogP contribution is -2.30. The average Bonchev–Trinajstić information content (AvgIpc) is 3.12. The summed E-state index contributed by atoms with van der Waals surface area (Å²) in [5, 5.41) is 2.61. The van der Waals surface area contributed by atoms with Crippen LogP contribution in [0, 0.1) is 0 Å². The largest absolute Gasteiger partial charge is 0.279 e. The van der Waals surface area contributed by atoms with Gasteiger partial charge in [-0.2, -0.15) is 0 Å². The first-order valence-electron chi connectivity index (χ1n) is 6.11. The van der Waals surface area contributed by atoms with Crippen molar-refractivity contribution in [2.75, 3.05) is 11.4 Å². The number of aromatic nitrogens is 1. The summed E-state index contributed by atoms with van der Waals surface area (Å²) in [6, 6.07) is 11.6. The summed E-state index contributed by atoms with van der Waals surface area (Å²) in [5.74, 6) is -0.0287. The quantitative estimate of drug-likeness (QED) is 0.677. The second-order valence-electron chi connectivity index (χ2n) is 4.15. The van der Waals surface area contributed by atoms with Crippen molar-refractivity contribution in [3.8, 4) is 0 Å². The molecule has 0 bridgehead atoms. The molecule has 0 spiro atoms. The van der Waals surface area contributed by atoms with Crippen molar-refractivity contribution in [2.45, 2.75) is 0 Å². The molecule has 0 aliphatic rings. The third-order valence-corrected chi connectivity index (χ3v) is 4.72. The van der Waals surface area contributed by atoms with Crippen LogP contribution < -0.4 is 4.90 Å². The first-order chi connectivity index (χ1) is 9.79. The van der Waals surface area contributed by atoms with E-state index in [1.165, 1.54) is 22.7 Å². The summed E-state index contributed by atoms with van der Waals surface area (Å²) in [6.07, 6.45) is 1.72. The van der Waals surface area contributed by atoms with Gasteiger partial charge in [0.15, 0.2) is 5.13 Å². The Morgan fingerprint density at radius 2 is 2.15 bits per heavy atom. The Morgan fingerprint density at radius 3 is 2.85 bits per heavy atom. The Labute approximate surface area is 124 Å². The number of nitrogens with zero attached hydrogens (tertiary/aromatic N) is 2. The lowest BCUT2D eigenvalue weighted by molar-refractivity contribution is 0.0993. The van der Waals surface area contributed by atoms with Crippen LogP contribution in [0.1, 0.15) is 9.67 Å². The van der Waals surface area contributed by atoms with Gasteiger partial charge < -0.3 is 0 Å². The highest BCUT2D eigenvalue weighted by Gasteiger charge is 2.20. The lowest BCUT2D eigenvalue weighted by Gasteiger charge is -2.16. The molecule has 3 rings (SSSR count). The van der Waals surface area contributed by atoms with Crippen molar-refractivity contribution in [1.29, 1.82) is 0 Å². The van der Waals surface area contributed by atoms with E-state index in [1.54, 1.807) is 11.0 Å². The molecule has 0 saturated carbocycles. The molecule has 0 radical (unpaired) electrons. The molecular formula is C15H12N2OS2. The van der Waals surface area contributed by atoms with Crippen molar-refractivity contribution in [3.63, 3.8) is 0 Å². The van der Waals surface area contributed by atoms with Gasteiger partial charge in [0, 0.05) is 6.54 Å². The van der Waals surface area contributed by atoms with Crippen LogP contribution in [0.2, 0.25) is 0 Å². The van der Waals surface area contributed by atoms with Crippen LogP contribution in [0.4, 0.5) is 5.13 Å². The maximum absolute atomic E-state index is 12.5. The Bertz CT molecular complexity index is 713. The van der Waals surface area contributed by atoms with E-state index in [1.807, 2.05) is 41.8 Å². The van der Waals surface area contributed by atoms with Gasteiger partial charge in [-0.05, 0) is 23.6 Å². The molecule has 100 valence electrons. The van der Waals surface area contributed by atoms with Gasteiger partial charge in [-0.3, -0.25) is 9.69 Å². The highest BCUT2D eigenvalue weighted by molar-refractivity contribution is 7.22. The van der Waals surface area contributed by atoms with Crippen molar-refractivity contribution in [3.05, 3.63) is 59.3 Å². The second-order valence-corrected chi connectivity index (χ2v) is 6.10. The zero-order valence-corrected chi connectivity index (χ0v) is 12.3. The number of carbonyl (C=O) groups excluding carboxylic acids is 1. The number of benzene rings is 1. The molecule has 2 aromatic heterocycles. The van der Waals surface area contributed by atoms with E-state index in [2.05, 4.69) is 11.6 Å². The predicted molar refractivity (Wildman–Crippen MR) is 85.8 cm³/mol. The zero-order chi connectivity index (χ0) is 13.9. The molecule has 20 heavy (non-hydrogen) atoms. The van der Waals surface area contributed by atoms with Crippen molar-refractivity contribution >= 4 is 43.9 Å². The van der Waals surface area contributed by atoms with E-state index in [-0.39, 0.29) is 5.91 Å². The van der Waals surface area contributed by atoms with Crippen molar-refractivity contribution in [1.82, 2.24) is 4.98 Å². The summed E-state index contributed by atoms with van der Waals surface area (Å²) in [7, 11) is 0. The van der Waals surface area contributed by atoms with Crippen LogP contribution >= 0.6 is 22.7 Å². The van der Waals surface area contributed by atoms with Gasteiger partial charge in [0.05, 0.1) is 15.1 Å². The number of thiazole rings is 1. The van der Waals surface area contributed by atoms with Crippen molar-refractivity contribution in [2.24, 2.45) is 0 Å². The number of fused-ring (bicyclic) bond motifs is 1. The third-order valence-electron chi connectivity index (χ3n) is 2.80. The number of hydrogen-bond donors (Lipinski definition) is 0. The molecule has 0 saturated heterocycles. The Balaban J connectivity index is 2.01. The molecule has 0 aliphatic carbocycles. The average molecular weight is 300 g/mol. The predicted octanol–water partition coefficient (Wildman–Crippen LogP) is 4.19. The summed E-state index contributed by atoms with van der Waals surface area (Å²) in [5.41, 5.74) is 0.917. The molecular weight excluding hydrogens is 288 g/mol. The highest BCUT2D eigenvalue weighted by Crippen LogP contribution is 2.29. The maximum Gasteiger partial charge on any atom is 0.270 e. The standard InChI is InChI=1S/C15H12N2OS2/c1-2-9-17(14(18)13-8-5-10-19-13)15-16-11-6-3-4-7-12(11)20-15/h2-8,10H,1,9H2. The summed E-state index contributed by atoms with van der Waals surface area (Å²) >= 11 is 2.96. The molecule has 3 aromatic rings. The second kappa shape index (κ2) is 5.56. The van der Waals surface area contributed by atoms with E-state index in [0.717, 1.165) is 10.2 Å². The van der Waals surface area contributed by atoms with Crippen LogP contribution in [0.15, 0.2) is 54.4 Å². The maximum atomic E-state index is 12.5. The third kappa shape index (κ3) is 2.37. The molecule has 3 nitrogen and oxygen atoms in total. The first-order valence-corrected chi connectivity index (χ1v) is 7.81. The fraction of sp³-hybridized carbons (Fsp3) is 0.0667. The monoisotopic (exact) mass is 300 g/mol. The number of rotatable bonds is 4. The Morgan fingerprint density at radius 1 is 1.30 bits per heavy atom. The van der Waals surface area contributed by atoms with Crippen LogP contribution in [-0.2, 0) is 0 Å². The Kier molecular flexibility index (Phi) is 3.62. The summed E-state index contributed by atoms with van der Waals surface area (Å²) in [4.78, 5) is 19.5.